The summed E-state index contributed by atoms with van der Waals surface area (Å²) in [7, 11) is 0. The Balaban J connectivity index is 1.75. The van der Waals surface area contributed by atoms with E-state index >= 15 is 0 Å². The fraction of sp³-hybridized carbons (Fsp3) is 0.316. The number of nitrogens with one attached hydrogen (secondary N) is 2. The van der Waals surface area contributed by atoms with Crippen molar-refractivity contribution in [3.8, 4) is 5.75 Å². The molecule has 2 N–H and O–H groups in total. The molecule has 1 unspecified atom stereocenters. The van der Waals surface area contributed by atoms with E-state index in [0.29, 0.717) is 6.54 Å². The Kier molecular flexibility index (Phi) is 6.89. The summed E-state index contributed by atoms with van der Waals surface area (Å²) in [6.07, 6.45) is -3.64. The summed E-state index contributed by atoms with van der Waals surface area (Å²) in [4.78, 5) is 11.9. The van der Waals surface area contributed by atoms with E-state index in [-0.39, 0.29) is 17.8 Å². The van der Waals surface area contributed by atoms with Crippen LogP contribution in [0.15, 0.2) is 54.6 Å². The van der Waals surface area contributed by atoms with Gasteiger partial charge in [0.2, 0.25) is 0 Å². The average Bonchev–Trinajstić information content (AvgIpc) is 2.60. The first-order chi connectivity index (χ1) is 12.3. The monoisotopic (exact) mass is 366 g/mol. The fourth-order valence-electron chi connectivity index (χ4n) is 2.31. The third kappa shape index (κ3) is 7.04. The minimum absolute atomic E-state index is 0.130. The quantitative estimate of drug-likeness (QED) is 0.770. The maximum Gasteiger partial charge on any atom is 0.422 e. The second kappa shape index (κ2) is 9.12. The van der Waals surface area contributed by atoms with Crippen molar-refractivity contribution in [3.63, 3.8) is 0 Å². The Hall–Kier alpha value is -2.70. The summed E-state index contributed by atoms with van der Waals surface area (Å²) in [5.41, 5.74) is 1.90. The zero-order chi connectivity index (χ0) is 19.0. The van der Waals surface area contributed by atoms with Crippen LogP contribution in [-0.2, 0) is 6.42 Å². The van der Waals surface area contributed by atoms with E-state index in [4.69, 9.17) is 0 Å². The molecule has 140 valence electrons. The molecule has 1 atom stereocenters. The van der Waals surface area contributed by atoms with E-state index in [9.17, 15) is 18.0 Å². The van der Waals surface area contributed by atoms with Gasteiger partial charge in [0.05, 0.1) is 6.04 Å². The second-order valence-electron chi connectivity index (χ2n) is 5.83. The maximum atomic E-state index is 12.1. The van der Waals surface area contributed by atoms with Crippen LogP contribution in [0, 0.1) is 0 Å². The van der Waals surface area contributed by atoms with E-state index in [0.717, 1.165) is 17.5 Å². The van der Waals surface area contributed by atoms with Gasteiger partial charge in [-0.3, -0.25) is 0 Å². The number of amides is 2. The van der Waals surface area contributed by atoms with E-state index in [1.54, 1.807) is 19.1 Å². The molecule has 2 amide bonds. The van der Waals surface area contributed by atoms with Crippen molar-refractivity contribution in [3.05, 3.63) is 65.7 Å². The van der Waals surface area contributed by atoms with Gasteiger partial charge in [-0.1, -0.05) is 42.5 Å². The molecule has 0 fully saturated rings. The summed E-state index contributed by atoms with van der Waals surface area (Å²) in [5.74, 6) is 0.130. The number of rotatable bonds is 7. The van der Waals surface area contributed by atoms with Crippen molar-refractivity contribution in [1.29, 1.82) is 0 Å². The van der Waals surface area contributed by atoms with Crippen molar-refractivity contribution in [2.45, 2.75) is 25.6 Å². The van der Waals surface area contributed by atoms with Crippen LogP contribution in [-0.4, -0.2) is 25.4 Å². The van der Waals surface area contributed by atoms with Crippen molar-refractivity contribution >= 4 is 6.03 Å². The SMILES string of the molecule is CC(NC(=O)NCCc1ccccc1)c1ccc(OCC(F)(F)F)cc1. The van der Waals surface area contributed by atoms with E-state index in [1.165, 1.54) is 12.1 Å². The molecule has 4 nitrogen and oxygen atoms in total. The lowest BCUT2D eigenvalue weighted by Crippen LogP contribution is -2.38. The molecular weight excluding hydrogens is 345 g/mol. The zero-order valence-electron chi connectivity index (χ0n) is 14.3. The van der Waals surface area contributed by atoms with Crippen LogP contribution >= 0.6 is 0 Å². The molecule has 0 radical (unpaired) electrons. The largest absolute Gasteiger partial charge is 0.484 e. The highest BCUT2D eigenvalue weighted by Crippen LogP contribution is 2.21. The van der Waals surface area contributed by atoms with Gasteiger partial charge >= 0.3 is 12.2 Å². The van der Waals surface area contributed by atoms with E-state index in [1.807, 2.05) is 30.3 Å². The molecule has 26 heavy (non-hydrogen) atoms. The molecule has 0 heterocycles. The van der Waals surface area contributed by atoms with Crippen molar-refractivity contribution in [2.75, 3.05) is 13.2 Å². The van der Waals surface area contributed by atoms with Gasteiger partial charge in [-0.15, -0.1) is 0 Å². The predicted molar refractivity (Wildman–Crippen MR) is 93.1 cm³/mol. The van der Waals surface area contributed by atoms with Crippen LogP contribution in [0.25, 0.3) is 0 Å². The van der Waals surface area contributed by atoms with Gasteiger partial charge < -0.3 is 15.4 Å². The average molecular weight is 366 g/mol. The molecule has 0 bridgehead atoms. The minimum atomic E-state index is -4.37. The number of benzene rings is 2. The van der Waals surface area contributed by atoms with E-state index < -0.39 is 12.8 Å². The molecule has 0 aliphatic carbocycles. The van der Waals surface area contributed by atoms with Crippen molar-refractivity contribution in [2.24, 2.45) is 0 Å². The highest BCUT2D eigenvalue weighted by atomic mass is 19.4. The Morgan fingerprint density at radius 2 is 1.73 bits per heavy atom. The third-order valence-electron chi connectivity index (χ3n) is 3.67. The molecule has 0 spiro atoms. The lowest BCUT2D eigenvalue weighted by atomic mass is 10.1. The summed E-state index contributed by atoms with van der Waals surface area (Å²) < 4.78 is 41.0. The number of carbonyl (C=O) groups is 1. The van der Waals surface area contributed by atoms with Gasteiger partial charge in [0.15, 0.2) is 6.61 Å². The van der Waals surface area contributed by atoms with Gasteiger partial charge in [-0.25, -0.2) is 4.79 Å². The molecule has 0 aliphatic heterocycles. The molecule has 2 aromatic carbocycles. The number of halogens is 3. The minimum Gasteiger partial charge on any atom is -0.484 e. The van der Waals surface area contributed by atoms with Crippen LogP contribution in [0.2, 0.25) is 0 Å². The summed E-state index contributed by atoms with van der Waals surface area (Å²) in [5, 5.41) is 5.57. The molecule has 0 saturated carbocycles. The zero-order valence-corrected chi connectivity index (χ0v) is 14.3. The highest BCUT2D eigenvalue weighted by Gasteiger charge is 2.28. The van der Waals surface area contributed by atoms with Crippen LogP contribution < -0.4 is 15.4 Å². The second-order valence-corrected chi connectivity index (χ2v) is 5.83. The Morgan fingerprint density at radius 1 is 1.08 bits per heavy atom. The van der Waals surface area contributed by atoms with Crippen LogP contribution in [0.5, 0.6) is 5.75 Å². The van der Waals surface area contributed by atoms with Gasteiger partial charge in [0.1, 0.15) is 5.75 Å². The molecule has 2 aromatic rings. The molecule has 0 aliphatic rings. The first-order valence-electron chi connectivity index (χ1n) is 8.21. The number of ether oxygens (including phenoxy) is 1. The fourth-order valence-corrected chi connectivity index (χ4v) is 2.31. The van der Waals surface area contributed by atoms with Crippen LogP contribution in [0.1, 0.15) is 24.1 Å². The third-order valence-corrected chi connectivity index (χ3v) is 3.67. The normalized spacial score (nSPS) is 12.3. The molecular formula is C19H21F3N2O2. The Morgan fingerprint density at radius 3 is 2.35 bits per heavy atom. The van der Waals surface area contributed by atoms with Crippen LogP contribution in [0.3, 0.4) is 0 Å². The predicted octanol–water partition coefficient (Wildman–Crippen LogP) is 4.23. The van der Waals surface area contributed by atoms with Crippen LogP contribution in [0.4, 0.5) is 18.0 Å². The topological polar surface area (TPSA) is 50.4 Å². The molecule has 2 rings (SSSR count). The summed E-state index contributed by atoms with van der Waals surface area (Å²) in [6, 6.07) is 15.4. The number of urea groups is 1. The molecule has 0 saturated heterocycles. The van der Waals surface area contributed by atoms with Crippen molar-refractivity contribution in [1.82, 2.24) is 10.6 Å². The lowest BCUT2D eigenvalue weighted by molar-refractivity contribution is -0.153. The standard InChI is InChI=1S/C19H21F3N2O2/c1-14(16-7-9-17(10-8-16)26-13-19(20,21)22)24-18(25)23-12-11-15-5-3-2-4-6-15/h2-10,14H,11-13H2,1H3,(H2,23,24,25). The van der Waals surface area contributed by atoms with Gasteiger partial charge in [-0.2, -0.15) is 13.2 Å². The lowest BCUT2D eigenvalue weighted by Gasteiger charge is -2.16. The number of hydrogen-bond donors (Lipinski definition) is 2. The number of hydrogen-bond acceptors (Lipinski definition) is 2. The maximum absolute atomic E-state index is 12.1. The smallest absolute Gasteiger partial charge is 0.422 e. The molecule has 0 aromatic heterocycles. The number of alkyl halides is 3. The van der Waals surface area contributed by atoms with Gasteiger partial charge in [0.25, 0.3) is 0 Å². The van der Waals surface area contributed by atoms with Crippen molar-refractivity contribution < 1.29 is 22.7 Å². The highest BCUT2D eigenvalue weighted by molar-refractivity contribution is 5.74. The molecule has 7 heteroatoms. The summed E-state index contributed by atoms with van der Waals surface area (Å²) >= 11 is 0. The first-order valence-corrected chi connectivity index (χ1v) is 8.21. The first kappa shape index (κ1) is 19.6. The Labute approximate surface area is 150 Å². The number of carbonyl (C=O) groups excluding carboxylic acids is 1. The van der Waals surface area contributed by atoms with Gasteiger partial charge in [0, 0.05) is 6.54 Å². The van der Waals surface area contributed by atoms with E-state index in [2.05, 4.69) is 15.4 Å². The Bertz CT molecular complexity index is 688. The summed E-state index contributed by atoms with van der Waals surface area (Å²) in [6.45, 7) is 0.971. The van der Waals surface area contributed by atoms with Gasteiger partial charge in [-0.05, 0) is 36.6 Å².